The summed E-state index contributed by atoms with van der Waals surface area (Å²) in [6.07, 6.45) is 3.08. The second-order valence-corrected chi connectivity index (χ2v) is 5.59. The summed E-state index contributed by atoms with van der Waals surface area (Å²) in [6, 6.07) is 9.34. The Balaban J connectivity index is 1.90. The van der Waals surface area contributed by atoms with Gasteiger partial charge in [-0.05, 0) is 43.0 Å². The lowest BCUT2D eigenvalue weighted by atomic mass is 10.1. The number of nitrogens with one attached hydrogen (secondary N) is 2. The molecule has 2 amide bonds. The second-order valence-electron chi connectivity index (χ2n) is 4.61. The number of rotatable bonds is 3. The third-order valence-corrected chi connectivity index (χ3v) is 3.71. The van der Waals surface area contributed by atoms with Crippen LogP contribution < -0.4 is 10.9 Å². The normalized spacial score (nSPS) is 10.6. The molecule has 0 fully saturated rings. The molecule has 4 nitrogen and oxygen atoms in total. The molecule has 1 aromatic heterocycles. The minimum Gasteiger partial charge on any atom is -0.268 e. The first kappa shape index (κ1) is 15.0. The topological polar surface area (TPSA) is 58.2 Å². The zero-order valence-electron chi connectivity index (χ0n) is 11.8. The van der Waals surface area contributed by atoms with Crippen LogP contribution in [0.15, 0.2) is 41.8 Å². The second kappa shape index (κ2) is 6.85. The Morgan fingerprint density at radius 3 is 2.62 bits per heavy atom. The van der Waals surface area contributed by atoms with Gasteiger partial charge in [0.05, 0.1) is 0 Å². The quantitative estimate of drug-likeness (QED) is 0.676. The van der Waals surface area contributed by atoms with Gasteiger partial charge in [-0.25, -0.2) is 0 Å². The predicted molar refractivity (Wildman–Crippen MR) is 84.9 cm³/mol. The van der Waals surface area contributed by atoms with E-state index < -0.39 is 0 Å². The van der Waals surface area contributed by atoms with Gasteiger partial charge < -0.3 is 0 Å². The van der Waals surface area contributed by atoms with Crippen molar-refractivity contribution in [3.8, 4) is 0 Å². The monoisotopic (exact) mass is 300 g/mol. The number of hydrogen-bond acceptors (Lipinski definition) is 3. The van der Waals surface area contributed by atoms with E-state index in [0.29, 0.717) is 5.56 Å². The highest BCUT2D eigenvalue weighted by Gasteiger charge is 2.08. The maximum absolute atomic E-state index is 12.0. The molecule has 0 bridgehead atoms. The van der Waals surface area contributed by atoms with E-state index in [4.69, 9.17) is 0 Å². The number of hydrazine groups is 1. The molecule has 0 aliphatic heterocycles. The van der Waals surface area contributed by atoms with Gasteiger partial charge in [-0.2, -0.15) is 0 Å². The molecule has 1 heterocycles. The summed E-state index contributed by atoms with van der Waals surface area (Å²) in [5.41, 5.74) is 7.27. The molecule has 21 heavy (non-hydrogen) atoms. The van der Waals surface area contributed by atoms with Gasteiger partial charge in [0.2, 0.25) is 0 Å². The molecule has 108 valence electrons. The van der Waals surface area contributed by atoms with Crippen molar-refractivity contribution >= 4 is 29.2 Å². The van der Waals surface area contributed by atoms with Crippen LogP contribution in [0.3, 0.4) is 0 Å². The summed E-state index contributed by atoms with van der Waals surface area (Å²) in [4.78, 5) is 24.5. The number of aryl methyl sites for hydroxylation is 2. The van der Waals surface area contributed by atoms with E-state index in [9.17, 15) is 9.59 Å². The van der Waals surface area contributed by atoms with Crippen molar-refractivity contribution < 1.29 is 9.59 Å². The van der Waals surface area contributed by atoms with Gasteiger partial charge in [0.25, 0.3) is 11.8 Å². The Morgan fingerprint density at radius 2 is 1.95 bits per heavy atom. The third-order valence-electron chi connectivity index (χ3n) is 2.87. The molecule has 0 saturated heterocycles. The minimum atomic E-state index is -0.374. The Kier molecular flexibility index (Phi) is 4.90. The summed E-state index contributed by atoms with van der Waals surface area (Å²) in [7, 11) is 0. The minimum absolute atomic E-state index is 0.328. The lowest BCUT2D eigenvalue weighted by molar-refractivity contribution is -0.117. The molecular formula is C16H16N2O2S. The van der Waals surface area contributed by atoms with E-state index >= 15 is 0 Å². The van der Waals surface area contributed by atoms with Crippen LogP contribution in [0.4, 0.5) is 0 Å². The first-order valence-electron chi connectivity index (χ1n) is 6.45. The molecule has 0 unspecified atom stereocenters. The number of carbonyl (C=O) groups excluding carboxylic acids is 2. The molecule has 2 aromatic rings. The van der Waals surface area contributed by atoms with E-state index in [0.717, 1.165) is 16.0 Å². The van der Waals surface area contributed by atoms with Gasteiger partial charge in [-0.3, -0.25) is 20.4 Å². The molecular weight excluding hydrogens is 284 g/mol. The fourth-order valence-electron chi connectivity index (χ4n) is 1.84. The molecule has 5 heteroatoms. The van der Waals surface area contributed by atoms with Gasteiger partial charge in [0.15, 0.2) is 0 Å². The van der Waals surface area contributed by atoms with Crippen LogP contribution >= 0.6 is 11.3 Å². The average Bonchev–Trinajstić information content (AvgIpc) is 2.95. The highest BCUT2D eigenvalue weighted by atomic mass is 32.1. The highest BCUT2D eigenvalue weighted by Crippen LogP contribution is 2.10. The molecule has 0 saturated carbocycles. The number of hydrogen-bond donors (Lipinski definition) is 2. The van der Waals surface area contributed by atoms with Crippen LogP contribution in [0.5, 0.6) is 0 Å². The van der Waals surface area contributed by atoms with Crippen molar-refractivity contribution in [2.24, 2.45) is 0 Å². The predicted octanol–water partition coefficient (Wildman–Crippen LogP) is 2.84. The van der Waals surface area contributed by atoms with Gasteiger partial charge >= 0.3 is 0 Å². The van der Waals surface area contributed by atoms with Gasteiger partial charge in [0, 0.05) is 16.5 Å². The van der Waals surface area contributed by atoms with E-state index in [-0.39, 0.29) is 11.8 Å². The number of thiophene rings is 1. The van der Waals surface area contributed by atoms with Gasteiger partial charge in [-0.15, -0.1) is 11.3 Å². The first-order chi connectivity index (χ1) is 10.1. The zero-order chi connectivity index (χ0) is 15.2. The Labute approximate surface area is 127 Å². The molecule has 2 rings (SSSR count). The van der Waals surface area contributed by atoms with Gasteiger partial charge in [-0.1, -0.05) is 23.8 Å². The Morgan fingerprint density at radius 1 is 1.14 bits per heavy atom. The van der Waals surface area contributed by atoms with Crippen molar-refractivity contribution in [1.82, 2.24) is 10.9 Å². The molecule has 0 atom stereocenters. The number of carbonyl (C=O) groups is 2. The number of benzene rings is 1. The number of amides is 2. The van der Waals surface area contributed by atoms with Crippen LogP contribution in [0.2, 0.25) is 0 Å². The largest absolute Gasteiger partial charge is 0.269 e. The van der Waals surface area contributed by atoms with Crippen LogP contribution in [0, 0.1) is 13.8 Å². The van der Waals surface area contributed by atoms with Crippen molar-refractivity contribution in [2.75, 3.05) is 0 Å². The molecule has 1 aromatic carbocycles. The summed E-state index contributed by atoms with van der Waals surface area (Å²) < 4.78 is 0. The SMILES string of the molecule is Cc1ccc(C(=O)NNC(=O)/C=C/c2cccs2)c(C)c1. The van der Waals surface area contributed by atoms with E-state index in [1.165, 1.54) is 17.4 Å². The van der Waals surface area contributed by atoms with Crippen LogP contribution in [0.1, 0.15) is 26.4 Å². The maximum atomic E-state index is 12.0. The Hall–Kier alpha value is -2.40. The third kappa shape index (κ3) is 4.29. The van der Waals surface area contributed by atoms with E-state index in [2.05, 4.69) is 10.9 Å². The van der Waals surface area contributed by atoms with Crippen LogP contribution in [-0.2, 0) is 4.79 Å². The molecule has 2 N–H and O–H groups in total. The van der Waals surface area contributed by atoms with E-state index in [1.807, 2.05) is 43.5 Å². The average molecular weight is 300 g/mol. The summed E-state index contributed by atoms with van der Waals surface area (Å²) in [6.45, 7) is 3.83. The van der Waals surface area contributed by atoms with Crippen molar-refractivity contribution in [3.05, 3.63) is 63.4 Å². The fraction of sp³-hybridized carbons (Fsp3) is 0.125. The first-order valence-corrected chi connectivity index (χ1v) is 7.33. The molecule has 0 radical (unpaired) electrons. The lowest BCUT2D eigenvalue weighted by Crippen LogP contribution is -2.41. The van der Waals surface area contributed by atoms with Crippen LogP contribution in [0.25, 0.3) is 6.08 Å². The maximum Gasteiger partial charge on any atom is 0.269 e. The van der Waals surface area contributed by atoms with Crippen molar-refractivity contribution in [1.29, 1.82) is 0 Å². The molecule has 0 aliphatic carbocycles. The summed E-state index contributed by atoms with van der Waals surface area (Å²) in [5, 5.41) is 1.93. The molecule has 0 aliphatic rings. The lowest BCUT2D eigenvalue weighted by Gasteiger charge is -2.08. The zero-order valence-corrected chi connectivity index (χ0v) is 12.7. The van der Waals surface area contributed by atoms with E-state index in [1.54, 1.807) is 12.1 Å². The Bertz CT molecular complexity index is 676. The van der Waals surface area contributed by atoms with Crippen molar-refractivity contribution in [3.63, 3.8) is 0 Å². The fourth-order valence-corrected chi connectivity index (χ4v) is 2.46. The summed E-state index contributed by atoms with van der Waals surface area (Å²) >= 11 is 1.54. The highest BCUT2D eigenvalue weighted by molar-refractivity contribution is 7.10. The molecule has 0 spiro atoms. The standard InChI is InChI=1S/C16H16N2O2S/c1-11-5-7-14(12(2)10-11)16(20)18-17-15(19)8-6-13-4-3-9-21-13/h3-10H,1-2H3,(H,17,19)(H,18,20)/b8-6+. The van der Waals surface area contributed by atoms with Crippen LogP contribution in [-0.4, -0.2) is 11.8 Å². The smallest absolute Gasteiger partial charge is 0.268 e. The van der Waals surface area contributed by atoms with Gasteiger partial charge in [0.1, 0.15) is 0 Å². The summed E-state index contributed by atoms with van der Waals surface area (Å²) in [5.74, 6) is -0.702. The van der Waals surface area contributed by atoms with Crippen molar-refractivity contribution in [2.45, 2.75) is 13.8 Å².